The summed E-state index contributed by atoms with van der Waals surface area (Å²) in [6.07, 6.45) is 7.53. The van der Waals surface area contributed by atoms with Crippen molar-refractivity contribution >= 4 is 11.8 Å². The first-order valence-corrected chi connectivity index (χ1v) is 11.6. The van der Waals surface area contributed by atoms with Gasteiger partial charge in [0.1, 0.15) is 5.75 Å². The second-order valence-electron chi connectivity index (χ2n) is 9.01. The summed E-state index contributed by atoms with van der Waals surface area (Å²) < 4.78 is 5.30. The van der Waals surface area contributed by atoms with E-state index in [0.717, 1.165) is 50.0 Å². The van der Waals surface area contributed by atoms with Gasteiger partial charge in [-0.3, -0.25) is 14.5 Å². The van der Waals surface area contributed by atoms with Crippen molar-refractivity contribution in [1.82, 2.24) is 14.7 Å². The number of carbonyl (C=O) groups is 2. The maximum absolute atomic E-state index is 13.3. The smallest absolute Gasteiger partial charge is 0.227 e. The summed E-state index contributed by atoms with van der Waals surface area (Å²) in [5.74, 6) is 1.10. The van der Waals surface area contributed by atoms with Gasteiger partial charge in [0.05, 0.1) is 13.0 Å². The molecule has 164 valence electrons. The summed E-state index contributed by atoms with van der Waals surface area (Å²) in [6, 6.07) is 8.55. The van der Waals surface area contributed by atoms with Crippen LogP contribution in [-0.2, 0) is 16.1 Å². The van der Waals surface area contributed by atoms with Gasteiger partial charge in [-0.2, -0.15) is 0 Å². The van der Waals surface area contributed by atoms with Gasteiger partial charge in [-0.15, -0.1) is 0 Å². The van der Waals surface area contributed by atoms with Crippen LogP contribution >= 0.6 is 0 Å². The Morgan fingerprint density at radius 2 is 1.90 bits per heavy atom. The van der Waals surface area contributed by atoms with Crippen molar-refractivity contribution in [3.8, 4) is 5.75 Å². The zero-order valence-corrected chi connectivity index (χ0v) is 18.2. The van der Waals surface area contributed by atoms with E-state index in [1.807, 2.05) is 29.2 Å². The average molecular weight is 414 g/mol. The summed E-state index contributed by atoms with van der Waals surface area (Å²) >= 11 is 0. The van der Waals surface area contributed by atoms with Crippen LogP contribution in [0.4, 0.5) is 0 Å². The fourth-order valence-corrected chi connectivity index (χ4v) is 5.31. The van der Waals surface area contributed by atoms with Crippen LogP contribution in [0.1, 0.15) is 50.5 Å². The third kappa shape index (κ3) is 4.97. The molecule has 3 aliphatic rings. The highest BCUT2D eigenvalue weighted by Crippen LogP contribution is 2.26. The molecule has 1 aliphatic carbocycles. The second kappa shape index (κ2) is 9.82. The second-order valence-corrected chi connectivity index (χ2v) is 9.01. The normalized spacial score (nSPS) is 24.2. The van der Waals surface area contributed by atoms with Crippen LogP contribution in [0, 0.1) is 5.92 Å². The minimum absolute atomic E-state index is 0.0775. The summed E-state index contributed by atoms with van der Waals surface area (Å²) in [5, 5.41) is 0. The Balaban J connectivity index is 1.34. The van der Waals surface area contributed by atoms with Crippen molar-refractivity contribution in [2.75, 3.05) is 39.8 Å². The van der Waals surface area contributed by atoms with Crippen molar-refractivity contribution in [2.24, 2.45) is 5.92 Å². The topological polar surface area (TPSA) is 53.1 Å². The minimum atomic E-state index is -0.0775. The monoisotopic (exact) mass is 413 g/mol. The maximum atomic E-state index is 13.3. The van der Waals surface area contributed by atoms with Gasteiger partial charge >= 0.3 is 0 Å². The first kappa shape index (κ1) is 21.2. The summed E-state index contributed by atoms with van der Waals surface area (Å²) in [4.78, 5) is 32.3. The lowest BCUT2D eigenvalue weighted by Gasteiger charge is -2.35. The highest BCUT2D eigenvalue weighted by atomic mass is 16.5. The van der Waals surface area contributed by atoms with E-state index in [9.17, 15) is 9.59 Å². The molecule has 1 aromatic rings. The minimum Gasteiger partial charge on any atom is -0.497 e. The van der Waals surface area contributed by atoms with Crippen LogP contribution in [0.5, 0.6) is 5.75 Å². The molecule has 2 amide bonds. The summed E-state index contributed by atoms with van der Waals surface area (Å²) in [5.41, 5.74) is 1.04. The first-order chi connectivity index (χ1) is 14.6. The van der Waals surface area contributed by atoms with Gasteiger partial charge in [-0.05, 0) is 43.4 Å². The van der Waals surface area contributed by atoms with Gasteiger partial charge in [0, 0.05) is 51.7 Å². The van der Waals surface area contributed by atoms with E-state index in [0.29, 0.717) is 25.9 Å². The molecule has 4 rings (SSSR count). The molecular weight excluding hydrogens is 378 g/mol. The zero-order chi connectivity index (χ0) is 20.9. The lowest BCUT2D eigenvalue weighted by atomic mass is 9.95. The number of hydrogen-bond donors (Lipinski definition) is 0. The molecule has 0 bridgehead atoms. The number of amides is 2. The van der Waals surface area contributed by atoms with E-state index < -0.39 is 0 Å². The van der Waals surface area contributed by atoms with E-state index in [4.69, 9.17) is 4.74 Å². The average Bonchev–Trinajstić information content (AvgIpc) is 3.19. The van der Waals surface area contributed by atoms with E-state index in [1.54, 1.807) is 7.11 Å². The summed E-state index contributed by atoms with van der Waals surface area (Å²) in [6.45, 7) is 4.85. The van der Waals surface area contributed by atoms with Crippen LogP contribution in [0.2, 0.25) is 0 Å². The van der Waals surface area contributed by atoms with Crippen LogP contribution in [0.3, 0.4) is 0 Å². The third-order valence-electron chi connectivity index (χ3n) is 7.04. The largest absolute Gasteiger partial charge is 0.497 e. The van der Waals surface area contributed by atoms with Crippen LogP contribution < -0.4 is 4.74 Å². The zero-order valence-electron chi connectivity index (χ0n) is 18.2. The van der Waals surface area contributed by atoms with Gasteiger partial charge in [0.15, 0.2) is 0 Å². The Morgan fingerprint density at radius 1 is 1.07 bits per heavy atom. The fourth-order valence-electron chi connectivity index (χ4n) is 5.31. The quantitative estimate of drug-likeness (QED) is 0.745. The molecule has 0 aromatic heterocycles. The molecule has 0 radical (unpaired) electrons. The van der Waals surface area contributed by atoms with Crippen molar-refractivity contribution < 1.29 is 14.3 Å². The van der Waals surface area contributed by atoms with Crippen molar-refractivity contribution in [2.45, 2.75) is 57.5 Å². The molecular formula is C24H35N3O3. The molecule has 2 heterocycles. The van der Waals surface area contributed by atoms with Crippen LogP contribution in [0.15, 0.2) is 24.3 Å². The molecule has 6 nitrogen and oxygen atoms in total. The van der Waals surface area contributed by atoms with Gasteiger partial charge in [-0.1, -0.05) is 25.0 Å². The predicted octanol–water partition coefficient (Wildman–Crippen LogP) is 2.91. The third-order valence-corrected chi connectivity index (χ3v) is 7.04. The highest BCUT2D eigenvalue weighted by Gasteiger charge is 2.34. The molecule has 0 N–H and O–H groups in total. The molecule has 6 heteroatoms. The Kier molecular flexibility index (Phi) is 6.93. The molecule has 0 unspecified atom stereocenters. The van der Waals surface area contributed by atoms with Gasteiger partial charge in [0.2, 0.25) is 11.8 Å². The standard InChI is InChI=1S/C24H35N3O3/c1-30-22-9-4-6-19(16-22)17-27-18-20(10-11-23(27)28)24(29)26-13-5-12-25(14-15-26)21-7-2-3-8-21/h4,6,9,16,20-21H,2-3,5,7-8,10-15,17-18H2,1H3/t20-/m0/s1. The fraction of sp³-hybridized carbons (Fsp3) is 0.667. The van der Waals surface area contributed by atoms with Gasteiger partial charge < -0.3 is 14.5 Å². The highest BCUT2D eigenvalue weighted by molar-refractivity contribution is 5.84. The van der Waals surface area contributed by atoms with E-state index in [-0.39, 0.29) is 17.7 Å². The molecule has 1 saturated carbocycles. The molecule has 30 heavy (non-hydrogen) atoms. The number of ether oxygens (including phenoxy) is 1. The van der Waals surface area contributed by atoms with E-state index in [2.05, 4.69) is 9.80 Å². The molecule has 1 aromatic carbocycles. The number of carbonyl (C=O) groups excluding carboxylic acids is 2. The molecule has 2 aliphatic heterocycles. The number of likely N-dealkylation sites (tertiary alicyclic amines) is 1. The summed E-state index contributed by atoms with van der Waals surface area (Å²) in [7, 11) is 1.65. The van der Waals surface area contributed by atoms with Crippen LogP contribution in [0.25, 0.3) is 0 Å². The number of benzene rings is 1. The Morgan fingerprint density at radius 3 is 2.70 bits per heavy atom. The number of rotatable bonds is 5. The van der Waals surface area contributed by atoms with Crippen LogP contribution in [-0.4, -0.2) is 72.4 Å². The van der Waals surface area contributed by atoms with Gasteiger partial charge in [0.25, 0.3) is 0 Å². The van der Waals surface area contributed by atoms with E-state index in [1.165, 1.54) is 25.7 Å². The van der Waals surface area contributed by atoms with Crippen molar-refractivity contribution in [3.63, 3.8) is 0 Å². The van der Waals surface area contributed by atoms with Gasteiger partial charge in [-0.25, -0.2) is 0 Å². The van der Waals surface area contributed by atoms with E-state index >= 15 is 0 Å². The SMILES string of the molecule is COc1cccc(CN2C[C@@H](C(=O)N3CCCN(C4CCCC4)CC3)CCC2=O)c1. The lowest BCUT2D eigenvalue weighted by molar-refractivity contribution is -0.143. The first-order valence-electron chi connectivity index (χ1n) is 11.6. The molecule has 3 fully saturated rings. The molecule has 1 atom stereocenters. The molecule has 0 spiro atoms. The number of methoxy groups -OCH3 is 1. The Labute approximate surface area is 180 Å². The van der Waals surface area contributed by atoms with Crippen molar-refractivity contribution in [3.05, 3.63) is 29.8 Å². The predicted molar refractivity (Wildman–Crippen MR) is 116 cm³/mol. The molecule has 2 saturated heterocycles. The lowest BCUT2D eigenvalue weighted by Crippen LogP contribution is -2.47. The Hall–Kier alpha value is -2.08. The van der Waals surface area contributed by atoms with Crippen molar-refractivity contribution in [1.29, 1.82) is 0 Å². The number of piperidine rings is 1. The number of nitrogens with zero attached hydrogens (tertiary/aromatic N) is 3. The number of hydrogen-bond acceptors (Lipinski definition) is 4. The maximum Gasteiger partial charge on any atom is 0.227 e. The Bertz CT molecular complexity index is 747.